The molecular formula is CH4BNO. The molecule has 0 fully saturated rings. The molecule has 0 bridgehead atoms. The monoisotopic (exact) mass is 57.0 g/mol. The Labute approximate surface area is 25.3 Å². The predicted octanol–water partition coefficient (Wildman–Crippen LogP) is -1.51. The number of hydrogen-bond donors (Lipinski definition) is 1. The molecule has 4 heavy (non-hydrogen) atoms. The van der Waals surface area contributed by atoms with Crippen molar-refractivity contribution in [3.63, 3.8) is 0 Å². The third-order valence-corrected chi connectivity index (χ3v) is 0.0962. The van der Waals surface area contributed by atoms with Gasteiger partial charge in [-0.15, -0.1) is 0 Å². The molecule has 0 aliphatic heterocycles. The van der Waals surface area contributed by atoms with Gasteiger partial charge in [-0.05, 0) is 0 Å². The third-order valence-electron chi connectivity index (χ3n) is 0.0962. The summed E-state index contributed by atoms with van der Waals surface area (Å²) >= 11 is 0. The van der Waals surface area contributed by atoms with Crippen LogP contribution in [0.15, 0.2) is 0 Å². The highest BCUT2D eigenvalue weighted by Gasteiger charge is 1.59. The average molecular weight is 56.9 g/mol. The summed E-state index contributed by atoms with van der Waals surface area (Å²) in [4.78, 5) is 9.05. The Kier molecular flexibility index (Phi) is 2.49. The lowest BCUT2D eigenvalue weighted by molar-refractivity contribution is 0.568. The first-order chi connectivity index (χ1) is 1.91. The van der Waals surface area contributed by atoms with Gasteiger partial charge in [-0.2, -0.15) is 0 Å². The lowest BCUT2D eigenvalue weighted by atomic mass is 10.0. The van der Waals surface area contributed by atoms with E-state index in [1.165, 1.54) is 0 Å². The molecule has 0 atom stereocenters. The van der Waals surface area contributed by atoms with Crippen molar-refractivity contribution in [1.29, 1.82) is 0 Å². The molecule has 2 N–H and O–H groups in total. The molecule has 0 aliphatic carbocycles. The molecule has 22 valence electrons. The highest BCUT2D eigenvalue weighted by atomic mass is 16.1. The molecule has 0 aliphatic rings. The van der Waals surface area contributed by atoms with Gasteiger partial charge in [0.25, 0.3) is 7.41 Å². The van der Waals surface area contributed by atoms with Gasteiger partial charge in [-0.1, -0.05) is 0 Å². The maximum absolute atomic E-state index is 9.05. The second kappa shape index (κ2) is 2.69. The van der Waals surface area contributed by atoms with Crippen LogP contribution in [0.25, 0.3) is 0 Å². The molecule has 0 saturated carbocycles. The molecule has 0 unspecified atom stereocenters. The van der Waals surface area contributed by atoms with Crippen molar-refractivity contribution in [3.8, 4) is 0 Å². The van der Waals surface area contributed by atoms with Crippen LogP contribution in [0.5, 0.6) is 0 Å². The molecule has 0 spiro atoms. The van der Waals surface area contributed by atoms with E-state index in [-0.39, 0.29) is 7.41 Å². The summed E-state index contributed by atoms with van der Waals surface area (Å²) in [6.45, 7) is 0. The second-order valence-electron chi connectivity index (χ2n) is 0.402. The van der Waals surface area contributed by atoms with E-state index >= 15 is 0 Å². The number of hydrogen-bond acceptors (Lipinski definition) is 2. The third kappa shape index (κ3) is 1.69. The Balaban J connectivity index is 2.30. The summed E-state index contributed by atoms with van der Waals surface area (Å²) in [5.41, 5.74) is 4.66. The summed E-state index contributed by atoms with van der Waals surface area (Å²) in [7, 11) is 0.139. The van der Waals surface area contributed by atoms with E-state index in [1.807, 2.05) is 0 Å². The average Bonchev–Trinajstić information content (AvgIpc) is 1.37. The zero-order valence-electron chi connectivity index (χ0n) is 2.27. The van der Waals surface area contributed by atoms with Crippen LogP contribution in [0.2, 0.25) is 0 Å². The normalized spacial score (nSPS) is 5.25. The largest absolute Gasteiger partial charge is 0.367 e. The van der Waals surface area contributed by atoms with E-state index in [0.29, 0.717) is 6.19 Å². The van der Waals surface area contributed by atoms with Crippen LogP contribution in [0.4, 0.5) is 0 Å². The standard InChI is InChI=1S/CH4BNO/c3-2-1-4/h1-2H,3H2. The van der Waals surface area contributed by atoms with Gasteiger partial charge < -0.3 is 10.4 Å². The molecule has 0 radical (unpaired) electrons. The predicted molar refractivity (Wildman–Crippen MR) is 18.1 cm³/mol. The minimum Gasteiger partial charge on any atom is -0.367 e. The molecule has 3 heteroatoms. The number of carbonyl (C=O) groups excluding carboxylic acids is 1. The molecule has 0 heterocycles. The van der Waals surface area contributed by atoms with Gasteiger partial charge >= 0.3 is 0 Å². The van der Waals surface area contributed by atoms with Crippen LogP contribution in [0.1, 0.15) is 0 Å². The Bertz CT molecular complexity index is 22.0. The lowest BCUT2D eigenvalue weighted by Crippen LogP contribution is -2.03. The fourth-order valence-corrected chi connectivity index (χ4v) is 0. The molecule has 0 aromatic carbocycles. The summed E-state index contributed by atoms with van der Waals surface area (Å²) in [6, 6.07) is 0. The zero-order valence-corrected chi connectivity index (χ0v) is 2.27. The quantitative estimate of drug-likeness (QED) is 0.293. The summed E-state index contributed by atoms with van der Waals surface area (Å²) < 4.78 is 0. The van der Waals surface area contributed by atoms with E-state index in [1.54, 1.807) is 0 Å². The fraction of sp³-hybridized carbons (Fsp3) is 0. The summed E-state index contributed by atoms with van der Waals surface area (Å²) in [6.07, 6.45) is 0.653. The maximum atomic E-state index is 9.05. The number of nitrogens with two attached hydrogens (primary N) is 1. The van der Waals surface area contributed by atoms with Gasteiger partial charge in [-0.25, -0.2) is 0 Å². The minimum atomic E-state index is 0.139. The first kappa shape index (κ1) is 3.69. The van der Waals surface area contributed by atoms with Crippen molar-refractivity contribution >= 4 is 13.6 Å². The highest BCUT2D eigenvalue weighted by Crippen LogP contribution is 1.11. The van der Waals surface area contributed by atoms with E-state index in [9.17, 15) is 0 Å². The molecule has 2 nitrogen and oxygen atoms in total. The second-order valence-corrected chi connectivity index (χ2v) is 0.402. The molecule has 0 rings (SSSR count). The van der Waals surface area contributed by atoms with Crippen LogP contribution >= 0.6 is 0 Å². The van der Waals surface area contributed by atoms with Crippen molar-refractivity contribution in [2.75, 3.05) is 0 Å². The van der Waals surface area contributed by atoms with E-state index in [4.69, 9.17) is 4.79 Å². The lowest BCUT2D eigenvalue weighted by Gasteiger charge is -1.48. The first-order valence-corrected chi connectivity index (χ1v) is 1.05. The maximum Gasteiger partial charge on any atom is 0.275 e. The van der Waals surface area contributed by atoms with Gasteiger partial charge in [0.15, 0.2) is 0 Å². The first-order valence-electron chi connectivity index (χ1n) is 1.05. The van der Waals surface area contributed by atoms with Crippen LogP contribution in [0, 0.1) is 0 Å². The van der Waals surface area contributed by atoms with Crippen LogP contribution in [-0.2, 0) is 4.79 Å². The number of carbonyl (C=O) groups is 1. The zero-order chi connectivity index (χ0) is 3.41. The van der Waals surface area contributed by atoms with Crippen molar-refractivity contribution in [2.45, 2.75) is 0 Å². The van der Waals surface area contributed by atoms with Gasteiger partial charge in [0.2, 0.25) is 0 Å². The highest BCUT2D eigenvalue weighted by molar-refractivity contribution is 6.63. The molecular weight excluding hydrogens is 52.8 g/mol. The Morgan fingerprint density at radius 1 is 2.00 bits per heavy atom. The Morgan fingerprint density at radius 3 is 2.25 bits per heavy atom. The topological polar surface area (TPSA) is 43.1 Å². The van der Waals surface area contributed by atoms with Crippen LogP contribution in [-0.4, -0.2) is 13.6 Å². The SMILES string of the molecule is NBC=O. The number of rotatable bonds is 1. The van der Waals surface area contributed by atoms with Crippen molar-refractivity contribution in [2.24, 2.45) is 5.64 Å². The van der Waals surface area contributed by atoms with Gasteiger partial charge in [0, 0.05) is 0 Å². The van der Waals surface area contributed by atoms with E-state index < -0.39 is 0 Å². The van der Waals surface area contributed by atoms with Crippen molar-refractivity contribution in [3.05, 3.63) is 0 Å². The molecule has 0 saturated heterocycles. The van der Waals surface area contributed by atoms with Crippen LogP contribution < -0.4 is 5.64 Å². The molecule has 0 aromatic rings. The van der Waals surface area contributed by atoms with Crippen molar-refractivity contribution in [1.82, 2.24) is 0 Å². The Morgan fingerprint density at radius 2 is 2.25 bits per heavy atom. The van der Waals surface area contributed by atoms with Crippen LogP contribution in [0.3, 0.4) is 0 Å². The molecule has 0 amide bonds. The smallest absolute Gasteiger partial charge is 0.275 e. The van der Waals surface area contributed by atoms with Gasteiger partial charge in [0.05, 0.1) is 6.19 Å². The summed E-state index contributed by atoms with van der Waals surface area (Å²) in [5, 5.41) is 0. The van der Waals surface area contributed by atoms with E-state index in [0.717, 1.165) is 0 Å². The van der Waals surface area contributed by atoms with Crippen molar-refractivity contribution < 1.29 is 4.79 Å². The fourth-order valence-electron chi connectivity index (χ4n) is 0. The van der Waals surface area contributed by atoms with Gasteiger partial charge in [-0.3, -0.25) is 0 Å². The molecule has 0 aromatic heterocycles. The Hall–Kier alpha value is -0.305. The van der Waals surface area contributed by atoms with Gasteiger partial charge in [0.1, 0.15) is 0 Å². The summed E-state index contributed by atoms with van der Waals surface area (Å²) in [5.74, 6) is 0. The van der Waals surface area contributed by atoms with E-state index in [2.05, 4.69) is 5.64 Å². The minimum absolute atomic E-state index is 0.139.